The molecule has 1 heteroatoms. The minimum Gasteiger partial charge on any atom is -0.312 e. The molecular weight excluding hydrogens is 242 g/mol. The molecule has 0 radical (unpaired) electrons. The third-order valence-electron chi connectivity index (χ3n) is 5.58. The van der Waals surface area contributed by atoms with Crippen molar-refractivity contribution < 1.29 is 0 Å². The van der Waals surface area contributed by atoms with Crippen LogP contribution in [0.1, 0.15) is 80.6 Å². The number of hydrogen-bond acceptors (Lipinski definition) is 1. The zero-order chi connectivity index (χ0) is 15.3. The van der Waals surface area contributed by atoms with Crippen molar-refractivity contribution in [3.8, 4) is 0 Å². The average Bonchev–Trinajstić information content (AvgIpc) is 2.37. The van der Waals surface area contributed by atoms with Crippen molar-refractivity contribution in [3.63, 3.8) is 0 Å². The lowest BCUT2D eigenvalue weighted by molar-refractivity contribution is 0.0886. The number of hydrogen-bond donors (Lipinski definition) is 1. The summed E-state index contributed by atoms with van der Waals surface area (Å²) < 4.78 is 0. The first kappa shape index (κ1) is 18.0. The van der Waals surface area contributed by atoms with Gasteiger partial charge in [-0.1, -0.05) is 40.5 Å². The molecular formula is C19H39N. The van der Waals surface area contributed by atoms with Crippen LogP contribution in [0.4, 0.5) is 0 Å². The molecule has 1 aliphatic rings. The first-order valence-electron chi connectivity index (χ1n) is 9.03. The van der Waals surface area contributed by atoms with Crippen LogP contribution >= 0.6 is 0 Å². The summed E-state index contributed by atoms with van der Waals surface area (Å²) in [6.45, 7) is 17.7. The maximum absolute atomic E-state index is 3.77. The van der Waals surface area contributed by atoms with E-state index in [2.05, 4.69) is 53.8 Å². The molecule has 0 bridgehead atoms. The van der Waals surface area contributed by atoms with Gasteiger partial charge in [-0.25, -0.2) is 0 Å². The normalized spacial score (nSPS) is 28.4. The van der Waals surface area contributed by atoms with Crippen LogP contribution in [0.25, 0.3) is 0 Å². The van der Waals surface area contributed by atoms with E-state index in [1.807, 2.05) is 0 Å². The lowest BCUT2D eigenvalue weighted by Gasteiger charge is -2.42. The molecule has 1 N–H and O–H groups in total. The van der Waals surface area contributed by atoms with Crippen molar-refractivity contribution in [3.05, 3.63) is 0 Å². The van der Waals surface area contributed by atoms with Gasteiger partial charge in [-0.05, 0) is 76.2 Å². The van der Waals surface area contributed by atoms with E-state index in [0.29, 0.717) is 0 Å². The molecule has 0 heterocycles. The van der Waals surface area contributed by atoms with Gasteiger partial charge >= 0.3 is 0 Å². The smallest absolute Gasteiger partial charge is 0.00966 e. The maximum Gasteiger partial charge on any atom is 0.00966 e. The summed E-state index contributed by atoms with van der Waals surface area (Å²) >= 11 is 0. The van der Waals surface area contributed by atoms with Crippen molar-refractivity contribution in [2.45, 2.75) is 86.1 Å². The highest BCUT2D eigenvalue weighted by Gasteiger charge is 2.35. The van der Waals surface area contributed by atoms with Crippen LogP contribution in [-0.4, -0.2) is 12.1 Å². The average molecular weight is 282 g/mol. The van der Waals surface area contributed by atoms with E-state index in [1.54, 1.807) is 0 Å². The summed E-state index contributed by atoms with van der Waals surface area (Å²) in [4.78, 5) is 0. The number of nitrogens with one attached hydrogen (secondary N) is 1. The van der Waals surface area contributed by atoms with Crippen LogP contribution < -0.4 is 5.32 Å². The van der Waals surface area contributed by atoms with Crippen LogP contribution in [0.5, 0.6) is 0 Å². The van der Waals surface area contributed by atoms with Gasteiger partial charge in [0.05, 0.1) is 0 Å². The molecule has 0 aromatic heterocycles. The highest BCUT2D eigenvalue weighted by molar-refractivity contribution is 4.87. The van der Waals surface area contributed by atoms with E-state index < -0.39 is 0 Å². The Morgan fingerprint density at radius 1 is 1.05 bits per heavy atom. The second-order valence-corrected chi connectivity index (χ2v) is 8.45. The zero-order valence-corrected chi connectivity index (χ0v) is 15.1. The Balaban J connectivity index is 2.70. The van der Waals surface area contributed by atoms with Gasteiger partial charge in [0, 0.05) is 5.54 Å². The second-order valence-electron chi connectivity index (χ2n) is 8.45. The summed E-state index contributed by atoms with van der Waals surface area (Å²) in [6, 6.07) is 0. The standard InChI is InChI=1S/C19H39N/c1-8-15(9-2)18-12-16(14(3)4)10-11-17(18)13-20-19(5,6)7/h14-18,20H,8-13H2,1-7H3. The molecule has 0 saturated heterocycles. The van der Waals surface area contributed by atoms with Crippen LogP contribution in [0, 0.1) is 29.6 Å². The van der Waals surface area contributed by atoms with E-state index in [1.165, 1.54) is 38.6 Å². The van der Waals surface area contributed by atoms with Gasteiger partial charge in [0.25, 0.3) is 0 Å². The van der Waals surface area contributed by atoms with Crippen molar-refractivity contribution in [1.82, 2.24) is 5.32 Å². The fourth-order valence-electron chi connectivity index (χ4n) is 4.07. The summed E-state index contributed by atoms with van der Waals surface area (Å²) in [6.07, 6.45) is 7.08. The molecule has 0 amide bonds. The van der Waals surface area contributed by atoms with Gasteiger partial charge < -0.3 is 5.32 Å². The minimum absolute atomic E-state index is 0.257. The van der Waals surface area contributed by atoms with E-state index in [-0.39, 0.29) is 5.54 Å². The molecule has 1 aliphatic carbocycles. The van der Waals surface area contributed by atoms with E-state index >= 15 is 0 Å². The summed E-state index contributed by atoms with van der Waals surface area (Å²) in [5.74, 6) is 4.60. The third kappa shape index (κ3) is 5.39. The Hall–Kier alpha value is -0.0400. The van der Waals surface area contributed by atoms with Gasteiger partial charge in [-0.15, -0.1) is 0 Å². The fourth-order valence-corrected chi connectivity index (χ4v) is 4.07. The first-order valence-corrected chi connectivity index (χ1v) is 9.03. The van der Waals surface area contributed by atoms with Crippen LogP contribution in [0.2, 0.25) is 0 Å². The Morgan fingerprint density at radius 3 is 2.10 bits per heavy atom. The molecule has 1 fully saturated rings. The largest absolute Gasteiger partial charge is 0.312 e. The second kappa shape index (κ2) is 7.82. The van der Waals surface area contributed by atoms with Crippen LogP contribution in [0.3, 0.4) is 0 Å². The number of rotatable bonds is 6. The van der Waals surface area contributed by atoms with Crippen molar-refractivity contribution in [2.75, 3.05) is 6.54 Å². The third-order valence-corrected chi connectivity index (χ3v) is 5.58. The predicted molar refractivity (Wildman–Crippen MR) is 91.0 cm³/mol. The highest BCUT2D eigenvalue weighted by Crippen LogP contribution is 2.42. The Labute approximate surface area is 128 Å². The topological polar surface area (TPSA) is 12.0 Å². The Morgan fingerprint density at radius 2 is 1.65 bits per heavy atom. The minimum atomic E-state index is 0.257. The van der Waals surface area contributed by atoms with Gasteiger partial charge in [-0.2, -0.15) is 0 Å². The van der Waals surface area contributed by atoms with Gasteiger partial charge in [0.1, 0.15) is 0 Å². The highest BCUT2D eigenvalue weighted by atomic mass is 14.9. The molecule has 20 heavy (non-hydrogen) atoms. The van der Waals surface area contributed by atoms with E-state index in [9.17, 15) is 0 Å². The zero-order valence-electron chi connectivity index (χ0n) is 15.1. The Bertz CT molecular complexity index is 259. The molecule has 3 atom stereocenters. The molecule has 0 aromatic rings. The molecule has 3 unspecified atom stereocenters. The maximum atomic E-state index is 3.77. The van der Waals surface area contributed by atoms with Crippen molar-refractivity contribution in [1.29, 1.82) is 0 Å². The van der Waals surface area contributed by atoms with E-state index in [4.69, 9.17) is 0 Å². The van der Waals surface area contributed by atoms with Gasteiger partial charge in [0.15, 0.2) is 0 Å². The van der Waals surface area contributed by atoms with Crippen LogP contribution in [-0.2, 0) is 0 Å². The quantitative estimate of drug-likeness (QED) is 0.678. The van der Waals surface area contributed by atoms with Crippen LogP contribution in [0.15, 0.2) is 0 Å². The monoisotopic (exact) mass is 281 g/mol. The molecule has 0 spiro atoms. The molecule has 120 valence electrons. The molecule has 1 rings (SSSR count). The summed E-state index contributed by atoms with van der Waals surface area (Å²) in [7, 11) is 0. The lowest BCUT2D eigenvalue weighted by Crippen LogP contribution is -2.44. The molecule has 1 nitrogen and oxygen atoms in total. The van der Waals surface area contributed by atoms with Gasteiger partial charge in [-0.3, -0.25) is 0 Å². The fraction of sp³-hybridized carbons (Fsp3) is 1.00. The summed E-state index contributed by atoms with van der Waals surface area (Å²) in [5, 5.41) is 3.77. The predicted octanol–water partition coefficient (Wildman–Crippen LogP) is 5.50. The summed E-state index contributed by atoms with van der Waals surface area (Å²) in [5.41, 5.74) is 0.257. The molecule has 0 aliphatic heterocycles. The molecule has 0 aromatic carbocycles. The molecule has 1 saturated carbocycles. The first-order chi connectivity index (χ1) is 9.28. The SMILES string of the molecule is CCC(CC)C1CC(C(C)C)CCC1CNC(C)(C)C. The van der Waals surface area contributed by atoms with Gasteiger partial charge in [0.2, 0.25) is 0 Å². The lowest BCUT2D eigenvalue weighted by atomic mass is 9.65. The van der Waals surface area contributed by atoms with Crippen molar-refractivity contribution >= 4 is 0 Å². The van der Waals surface area contributed by atoms with E-state index in [0.717, 1.165) is 29.6 Å². The van der Waals surface area contributed by atoms with Crippen molar-refractivity contribution in [2.24, 2.45) is 29.6 Å². The Kier molecular flexibility index (Phi) is 7.04.